The van der Waals surface area contributed by atoms with E-state index in [0.717, 1.165) is 25.1 Å². The van der Waals surface area contributed by atoms with Crippen molar-refractivity contribution in [3.63, 3.8) is 0 Å². The molecule has 194 valence electrons. The summed E-state index contributed by atoms with van der Waals surface area (Å²) >= 11 is 0. The highest BCUT2D eigenvalue weighted by Gasteiger charge is 2.29. The van der Waals surface area contributed by atoms with Gasteiger partial charge in [0.1, 0.15) is 23.4 Å². The summed E-state index contributed by atoms with van der Waals surface area (Å²) in [5, 5.41) is 4.84. The standard InChI is InChI=1S/C27H35FN4O4/c1-19-5-8-23(9-6-19)36-24-4-3-12-31(17-24)27(34)18-32-16-22(15-29-32)30-26(33)11-13-35-25-10-7-21(28)14-20(25)2/h5-10,14,22,24,29H,3-4,11-13,15-18H2,1-2H3,(H,30,33). The zero-order valence-electron chi connectivity index (χ0n) is 21.0. The maximum Gasteiger partial charge on any atom is 0.238 e. The number of hydrogen-bond donors (Lipinski definition) is 2. The van der Waals surface area contributed by atoms with Gasteiger partial charge in [0.2, 0.25) is 11.8 Å². The lowest BCUT2D eigenvalue weighted by atomic mass is 10.1. The highest BCUT2D eigenvalue weighted by molar-refractivity contribution is 5.78. The van der Waals surface area contributed by atoms with E-state index in [0.29, 0.717) is 30.9 Å². The van der Waals surface area contributed by atoms with E-state index >= 15 is 0 Å². The van der Waals surface area contributed by atoms with E-state index in [1.54, 1.807) is 13.0 Å². The number of piperidine rings is 1. The average Bonchev–Trinajstić information content (AvgIpc) is 3.28. The number of aryl methyl sites for hydroxylation is 2. The molecule has 2 atom stereocenters. The topological polar surface area (TPSA) is 83.1 Å². The number of ether oxygens (including phenoxy) is 2. The van der Waals surface area contributed by atoms with Crippen LogP contribution in [0.5, 0.6) is 11.5 Å². The fraction of sp³-hybridized carbons (Fsp3) is 0.481. The van der Waals surface area contributed by atoms with Crippen LogP contribution in [0.1, 0.15) is 30.4 Å². The van der Waals surface area contributed by atoms with Gasteiger partial charge in [-0.1, -0.05) is 17.7 Å². The van der Waals surface area contributed by atoms with Gasteiger partial charge in [0.15, 0.2) is 0 Å². The van der Waals surface area contributed by atoms with Crippen LogP contribution < -0.4 is 20.2 Å². The molecule has 2 aliphatic heterocycles. The van der Waals surface area contributed by atoms with Crippen LogP contribution in [0.25, 0.3) is 0 Å². The number of carbonyl (C=O) groups excluding carboxylic acids is 2. The zero-order chi connectivity index (χ0) is 25.5. The Bertz CT molecular complexity index is 1050. The van der Waals surface area contributed by atoms with Crippen LogP contribution in [0.4, 0.5) is 4.39 Å². The summed E-state index contributed by atoms with van der Waals surface area (Å²) in [4.78, 5) is 27.1. The number of benzene rings is 2. The molecule has 9 heteroatoms. The van der Waals surface area contributed by atoms with Crippen LogP contribution in [-0.2, 0) is 9.59 Å². The van der Waals surface area contributed by atoms with Gasteiger partial charge in [0.25, 0.3) is 0 Å². The first-order valence-corrected chi connectivity index (χ1v) is 12.5. The van der Waals surface area contributed by atoms with Gasteiger partial charge in [-0.2, -0.15) is 0 Å². The molecule has 2 amide bonds. The number of nitrogens with one attached hydrogen (secondary N) is 2. The van der Waals surface area contributed by atoms with Crippen LogP contribution in [0, 0.1) is 19.7 Å². The fourth-order valence-corrected chi connectivity index (χ4v) is 4.51. The third-order valence-corrected chi connectivity index (χ3v) is 6.47. The molecular weight excluding hydrogens is 463 g/mol. The Labute approximate surface area is 211 Å². The number of amides is 2. The summed E-state index contributed by atoms with van der Waals surface area (Å²) in [5.41, 5.74) is 5.08. The number of likely N-dealkylation sites (tertiary alicyclic amines) is 1. The van der Waals surface area contributed by atoms with Crippen molar-refractivity contribution in [3.05, 3.63) is 59.4 Å². The number of carbonyl (C=O) groups is 2. The maximum absolute atomic E-state index is 13.2. The van der Waals surface area contributed by atoms with E-state index in [4.69, 9.17) is 9.47 Å². The van der Waals surface area contributed by atoms with Crippen molar-refractivity contribution >= 4 is 11.8 Å². The molecule has 36 heavy (non-hydrogen) atoms. The van der Waals surface area contributed by atoms with Crippen LogP contribution >= 0.6 is 0 Å². The summed E-state index contributed by atoms with van der Waals surface area (Å²) in [7, 11) is 0. The number of rotatable bonds is 9. The molecule has 2 saturated heterocycles. The smallest absolute Gasteiger partial charge is 0.238 e. The molecule has 2 aromatic rings. The second kappa shape index (κ2) is 12.2. The molecule has 2 N–H and O–H groups in total. The number of hydrazine groups is 1. The Morgan fingerprint density at radius 3 is 2.72 bits per heavy atom. The van der Waals surface area contributed by atoms with Gasteiger partial charge in [-0.05, 0) is 62.6 Å². The minimum Gasteiger partial charge on any atom is -0.493 e. The molecule has 8 nitrogen and oxygen atoms in total. The maximum atomic E-state index is 13.2. The molecule has 0 spiro atoms. The molecule has 2 fully saturated rings. The number of halogens is 1. The second-order valence-corrected chi connectivity index (χ2v) is 9.55. The van der Waals surface area contributed by atoms with Crippen LogP contribution in [0.2, 0.25) is 0 Å². The van der Waals surface area contributed by atoms with Gasteiger partial charge < -0.3 is 19.7 Å². The Morgan fingerprint density at radius 2 is 1.94 bits per heavy atom. The molecule has 0 saturated carbocycles. The Balaban J connectivity index is 1.15. The summed E-state index contributed by atoms with van der Waals surface area (Å²) in [6.07, 6.45) is 2.03. The molecule has 4 rings (SSSR count). The normalized spacial score (nSPS) is 20.2. The lowest BCUT2D eigenvalue weighted by Gasteiger charge is -2.33. The third-order valence-electron chi connectivity index (χ3n) is 6.47. The van der Waals surface area contributed by atoms with E-state index in [9.17, 15) is 14.0 Å². The van der Waals surface area contributed by atoms with Crippen molar-refractivity contribution in [2.45, 2.75) is 45.3 Å². The lowest BCUT2D eigenvalue weighted by Crippen LogP contribution is -2.49. The number of hydrogen-bond acceptors (Lipinski definition) is 6. The molecule has 0 aliphatic carbocycles. The van der Waals surface area contributed by atoms with Crippen molar-refractivity contribution in [1.29, 1.82) is 0 Å². The van der Waals surface area contributed by atoms with Gasteiger partial charge >= 0.3 is 0 Å². The largest absolute Gasteiger partial charge is 0.493 e. The molecular formula is C27H35FN4O4. The molecule has 2 aromatic carbocycles. The minimum atomic E-state index is -0.315. The van der Waals surface area contributed by atoms with E-state index in [-0.39, 0.29) is 49.3 Å². The van der Waals surface area contributed by atoms with E-state index in [1.165, 1.54) is 17.7 Å². The van der Waals surface area contributed by atoms with Crippen molar-refractivity contribution in [3.8, 4) is 11.5 Å². The molecule has 2 aliphatic rings. The molecule has 0 aromatic heterocycles. The molecule has 0 bridgehead atoms. The number of nitrogens with zero attached hydrogens (tertiary/aromatic N) is 2. The Morgan fingerprint density at radius 1 is 1.14 bits per heavy atom. The van der Waals surface area contributed by atoms with Gasteiger partial charge in [-0.15, -0.1) is 0 Å². The predicted molar refractivity (Wildman–Crippen MR) is 134 cm³/mol. The van der Waals surface area contributed by atoms with Crippen LogP contribution in [0.3, 0.4) is 0 Å². The van der Waals surface area contributed by atoms with Crippen LogP contribution in [-0.4, -0.2) is 73.2 Å². The quantitative estimate of drug-likeness (QED) is 0.553. The SMILES string of the molecule is Cc1ccc(OC2CCCN(C(=O)CN3CC(NC(=O)CCOc4ccc(F)cc4C)CN3)C2)cc1. The summed E-state index contributed by atoms with van der Waals surface area (Å²) in [6.45, 7) is 6.68. The first-order chi connectivity index (χ1) is 17.4. The monoisotopic (exact) mass is 498 g/mol. The predicted octanol–water partition coefficient (Wildman–Crippen LogP) is 2.59. The van der Waals surface area contributed by atoms with Crippen molar-refractivity contribution < 1.29 is 23.5 Å². The second-order valence-electron chi connectivity index (χ2n) is 9.55. The van der Waals surface area contributed by atoms with Crippen molar-refractivity contribution in [2.24, 2.45) is 0 Å². The molecule has 0 radical (unpaired) electrons. The molecule has 2 heterocycles. The average molecular weight is 499 g/mol. The summed E-state index contributed by atoms with van der Waals surface area (Å²) in [5.74, 6) is 1.01. The third kappa shape index (κ3) is 7.41. The van der Waals surface area contributed by atoms with E-state index in [2.05, 4.69) is 10.7 Å². The van der Waals surface area contributed by atoms with Crippen LogP contribution in [0.15, 0.2) is 42.5 Å². The Hall–Kier alpha value is -3.17. The van der Waals surface area contributed by atoms with Gasteiger partial charge in [0, 0.05) is 19.6 Å². The zero-order valence-corrected chi connectivity index (χ0v) is 21.0. The first kappa shape index (κ1) is 25.9. The lowest BCUT2D eigenvalue weighted by molar-refractivity contribution is -0.135. The highest BCUT2D eigenvalue weighted by Crippen LogP contribution is 2.20. The van der Waals surface area contributed by atoms with E-state index in [1.807, 2.05) is 41.1 Å². The van der Waals surface area contributed by atoms with E-state index < -0.39 is 0 Å². The Kier molecular flexibility index (Phi) is 8.77. The van der Waals surface area contributed by atoms with Crippen molar-refractivity contribution in [2.75, 3.05) is 39.3 Å². The summed E-state index contributed by atoms with van der Waals surface area (Å²) in [6, 6.07) is 12.2. The van der Waals surface area contributed by atoms with Crippen molar-refractivity contribution in [1.82, 2.24) is 20.7 Å². The minimum absolute atomic E-state index is 0.00936. The van der Waals surface area contributed by atoms with Gasteiger partial charge in [0.05, 0.1) is 32.2 Å². The van der Waals surface area contributed by atoms with Gasteiger partial charge in [-0.25, -0.2) is 9.40 Å². The fourth-order valence-electron chi connectivity index (χ4n) is 4.51. The first-order valence-electron chi connectivity index (χ1n) is 12.5. The summed E-state index contributed by atoms with van der Waals surface area (Å²) < 4.78 is 24.9. The molecule has 2 unspecified atom stereocenters. The highest BCUT2D eigenvalue weighted by atomic mass is 19.1. The van der Waals surface area contributed by atoms with Gasteiger partial charge in [-0.3, -0.25) is 15.0 Å².